The summed E-state index contributed by atoms with van der Waals surface area (Å²) >= 11 is 0. The first kappa shape index (κ1) is 9.88. The minimum absolute atomic E-state index is 0.372. The van der Waals surface area contributed by atoms with E-state index in [9.17, 15) is 4.79 Å². The van der Waals surface area contributed by atoms with Crippen molar-refractivity contribution in [1.82, 2.24) is 4.90 Å². The van der Waals surface area contributed by atoms with Gasteiger partial charge in [0.25, 0.3) is 0 Å². The molecule has 2 heteroatoms. The summed E-state index contributed by atoms with van der Waals surface area (Å²) in [6.45, 7) is 0.961. The summed E-state index contributed by atoms with van der Waals surface area (Å²) in [4.78, 5) is 13.7. The first-order chi connectivity index (χ1) is 7.84. The average molecular weight is 215 g/mol. The Morgan fingerprint density at radius 2 is 1.94 bits per heavy atom. The molecular formula is C14H17NO. The van der Waals surface area contributed by atoms with E-state index < -0.39 is 0 Å². The maximum absolute atomic E-state index is 11.6. The van der Waals surface area contributed by atoms with Gasteiger partial charge in [0.1, 0.15) is 0 Å². The third kappa shape index (κ3) is 1.62. The zero-order valence-electron chi connectivity index (χ0n) is 9.43. The number of amides is 1. The predicted molar refractivity (Wildman–Crippen MR) is 63.2 cm³/mol. The number of piperidine rings is 1. The van der Waals surface area contributed by atoms with E-state index in [-0.39, 0.29) is 0 Å². The van der Waals surface area contributed by atoms with Crippen LogP contribution in [0.1, 0.15) is 37.2 Å². The summed E-state index contributed by atoms with van der Waals surface area (Å²) in [5, 5.41) is 0. The maximum atomic E-state index is 11.6. The van der Waals surface area contributed by atoms with Crippen LogP contribution in [0.25, 0.3) is 0 Å². The lowest BCUT2D eigenvalue weighted by molar-refractivity contribution is -0.129. The van der Waals surface area contributed by atoms with E-state index in [4.69, 9.17) is 0 Å². The second kappa shape index (κ2) is 3.93. The van der Waals surface area contributed by atoms with Gasteiger partial charge in [-0.2, -0.15) is 0 Å². The highest BCUT2D eigenvalue weighted by atomic mass is 16.2. The van der Waals surface area contributed by atoms with Crippen LogP contribution >= 0.6 is 0 Å². The highest BCUT2D eigenvalue weighted by molar-refractivity contribution is 5.78. The van der Waals surface area contributed by atoms with Gasteiger partial charge in [-0.1, -0.05) is 30.3 Å². The van der Waals surface area contributed by atoms with Crippen molar-refractivity contribution in [1.29, 1.82) is 0 Å². The molecule has 2 heterocycles. The topological polar surface area (TPSA) is 20.3 Å². The number of fused-ring (bicyclic) bond motifs is 1. The molecule has 2 aliphatic rings. The predicted octanol–water partition coefficient (Wildman–Crippen LogP) is 2.56. The largest absolute Gasteiger partial charge is 0.340 e. The number of carbonyl (C=O) groups is 1. The Labute approximate surface area is 96.3 Å². The molecule has 0 aliphatic carbocycles. The highest BCUT2D eigenvalue weighted by Crippen LogP contribution is 2.36. The first-order valence-corrected chi connectivity index (χ1v) is 6.19. The van der Waals surface area contributed by atoms with E-state index in [2.05, 4.69) is 35.2 Å². The van der Waals surface area contributed by atoms with Gasteiger partial charge in [-0.3, -0.25) is 4.79 Å². The minimum Gasteiger partial charge on any atom is -0.340 e. The van der Waals surface area contributed by atoms with Crippen molar-refractivity contribution < 1.29 is 4.79 Å². The van der Waals surface area contributed by atoms with Crippen LogP contribution in [0.5, 0.6) is 0 Å². The summed E-state index contributed by atoms with van der Waals surface area (Å²) in [7, 11) is 0. The van der Waals surface area contributed by atoms with Crippen LogP contribution in [0.4, 0.5) is 0 Å². The summed E-state index contributed by atoms with van der Waals surface area (Å²) in [5.74, 6) is 1.03. The number of carbonyl (C=O) groups excluding carboxylic acids is 1. The smallest absolute Gasteiger partial charge is 0.222 e. The third-order valence-corrected chi connectivity index (χ3v) is 4.00. The van der Waals surface area contributed by atoms with Crippen LogP contribution in [0.2, 0.25) is 0 Å². The van der Waals surface area contributed by atoms with Crippen molar-refractivity contribution in [2.45, 2.75) is 37.6 Å². The second-order valence-corrected chi connectivity index (χ2v) is 4.91. The van der Waals surface area contributed by atoms with E-state index in [1.54, 1.807) is 0 Å². The second-order valence-electron chi connectivity index (χ2n) is 4.91. The molecule has 0 spiro atoms. The van der Waals surface area contributed by atoms with Gasteiger partial charge in [-0.15, -0.1) is 0 Å². The molecule has 2 atom stereocenters. The molecule has 1 aromatic carbocycles. The lowest BCUT2D eigenvalue weighted by Crippen LogP contribution is -2.39. The van der Waals surface area contributed by atoms with Crippen LogP contribution < -0.4 is 0 Å². The van der Waals surface area contributed by atoms with Gasteiger partial charge in [0.05, 0.1) is 0 Å². The van der Waals surface area contributed by atoms with Crippen molar-refractivity contribution in [2.75, 3.05) is 6.54 Å². The van der Waals surface area contributed by atoms with E-state index in [1.807, 2.05) is 0 Å². The van der Waals surface area contributed by atoms with Gasteiger partial charge < -0.3 is 4.90 Å². The molecule has 0 aromatic heterocycles. The molecule has 2 nitrogen and oxygen atoms in total. The summed E-state index contributed by atoms with van der Waals surface area (Å²) in [6, 6.07) is 11.3. The molecule has 0 bridgehead atoms. The molecule has 1 aromatic rings. The van der Waals surface area contributed by atoms with E-state index in [1.165, 1.54) is 5.56 Å². The quantitative estimate of drug-likeness (QED) is 0.705. The molecule has 2 fully saturated rings. The summed E-state index contributed by atoms with van der Waals surface area (Å²) in [5.41, 5.74) is 1.45. The van der Waals surface area contributed by atoms with Crippen LogP contribution in [0.3, 0.4) is 0 Å². The first-order valence-electron chi connectivity index (χ1n) is 6.19. The molecule has 0 radical (unpaired) electrons. The Bertz CT molecular complexity index is 387. The van der Waals surface area contributed by atoms with Crippen molar-refractivity contribution in [3.05, 3.63) is 35.9 Å². The minimum atomic E-state index is 0.372. The van der Waals surface area contributed by atoms with Crippen LogP contribution in [-0.4, -0.2) is 23.4 Å². The van der Waals surface area contributed by atoms with Gasteiger partial charge >= 0.3 is 0 Å². The zero-order chi connectivity index (χ0) is 11.0. The van der Waals surface area contributed by atoms with Gasteiger partial charge in [0.15, 0.2) is 0 Å². The molecule has 16 heavy (non-hydrogen) atoms. The number of hydrogen-bond donors (Lipinski definition) is 0. The fraction of sp³-hybridized carbons (Fsp3) is 0.500. The van der Waals surface area contributed by atoms with Crippen LogP contribution in [0.15, 0.2) is 30.3 Å². The normalized spacial score (nSPS) is 29.2. The SMILES string of the molecule is O=C1CC[C@@H]2C[C@H](c3ccccc3)CCN12. The molecule has 3 rings (SSSR count). The molecule has 2 aliphatic heterocycles. The number of rotatable bonds is 1. The standard InChI is InChI=1S/C14H17NO/c16-14-7-6-13-10-12(8-9-15(13)14)11-4-2-1-3-5-11/h1-5,12-13H,6-10H2/t12-,13-/m1/s1. The maximum Gasteiger partial charge on any atom is 0.222 e. The van der Waals surface area contributed by atoms with Gasteiger partial charge in [0.2, 0.25) is 5.91 Å². The Hall–Kier alpha value is -1.31. The van der Waals surface area contributed by atoms with Crippen molar-refractivity contribution in [3.8, 4) is 0 Å². The number of hydrogen-bond acceptors (Lipinski definition) is 1. The molecular weight excluding hydrogens is 198 g/mol. The van der Waals surface area contributed by atoms with E-state index in [0.29, 0.717) is 17.9 Å². The monoisotopic (exact) mass is 215 g/mol. The fourth-order valence-corrected chi connectivity index (χ4v) is 3.11. The average Bonchev–Trinajstić information content (AvgIpc) is 2.72. The Morgan fingerprint density at radius 3 is 2.75 bits per heavy atom. The lowest BCUT2D eigenvalue weighted by Gasteiger charge is -2.35. The van der Waals surface area contributed by atoms with Crippen molar-refractivity contribution in [3.63, 3.8) is 0 Å². The molecule has 0 unspecified atom stereocenters. The number of benzene rings is 1. The Balaban J connectivity index is 1.75. The highest BCUT2D eigenvalue weighted by Gasteiger charge is 2.36. The lowest BCUT2D eigenvalue weighted by atomic mass is 9.85. The van der Waals surface area contributed by atoms with Gasteiger partial charge in [0, 0.05) is 19.0 Å². The summed E-state index contributed by atoms with van der Waals surface area (Å²) in [6.07, 6.45) is 4.14. The molecule has 1 amide bonds. The van der Waals surface area contributed by atoms with E-state index >= 15 is 0 Å². The van der Waals surface area contributed by atoms with Crippen molar-refractivity contribution in [2.24, 2.45) is 0 Å². The van der Waals surface area contributed by atoms with Crippen LogP contribution in [0, 0.1) is 0 Å². The van der Waals surface area contributed by atoms with E-state index in [0.717, 1.165) is 32.2 Å². The molecule has 0 N–H and O–H groups in total. The van der Waals surface area contributed by atoms with Crippen LogP contribution in [-0.2, 0) is 4.79 Å². The molecule has 84 valence electrons. The molecule has 2 saturated heterocycles. The van der Waals surface area contributed by atoms with Gasteiger partial charge in [-0.05, 0) is 30.7 Å². The van der Waals surface area contributed by atoms with Crippen molar-refractivity contribution >= 4 is 5.91 Å². The fourth-order valence-electron chi connectivity index (χ4n) is 3.11. The Kier molecular flexibility index (Phi) is 2.43. The zero-order valence-corrected chi connectivity index (χ0v) is 9.43. The Morgan fingerprint density at radius 1 is 1.12 bits per heavy atom. The summed E-state index contributed by atoms with van der Waals surface area (Å²) < 4.78 is 0. The number of nitrogens with zero attached hydrogens (tertiary/aromatic N) is 1. The molecule has 0 saturated carbocycles. The third-order valence-electron chi connectivity index (χ3n) is 4.00. The van der Waals surface area contributed by atoms with Gasteiger partial charge in [-0.25, -0.2) is 0 Å².